The van der Waals surface area contributed by atoms with E-state index in [2.05, 4.69) is 20.4 Å². The van der Waals surface area contributed by atoms with E-state index in [1.54, 1.807) is 19.3 Å². The molecule has 0 bridgehead atoms. The third-order valence-electron chi connectivity index (χ3n) is 2.54. The van der Waals surface area contributed by atoms with Gasteiger partial charge in [-0.25, -0.2) is 9.67 Å². The van der Waals surface area contributed by atoms with Crippen molar-refractivity contribution in [3.05, 3.63) is 34.7 Å². The van der Waals surface area contributed by atoms with E-state index < -0.39 is 0 Å². The van der Waals surface area contributed by atoms with Gasteiger partial charge < -0.3 is 5.32 Å². The number of rotatable bonds is 2. The molecule has 0 atom stereocenters. The molecule has 8 heteroatoms. The first-order valence-electron chi connectivity index (χ1n) is 5.38. The maximum absolute atomic E-state index is 11.5. The maximum atomic E-state index is 11.5. The SMILES string of the molecule is CNC(=O)c1ccn(-c2nc(Cl)nc3sccc23)n1. The predicted molar refractivity (Wildman–Crippen MR) is 72.9 cm³/mol. The average Bonchev–Trinajstić information content (AvgIpc) is 3.05. The molecule has 0 aliphatic rings. The summed E-state index contributed by atoms with van der Waals surface area (Å²) in [5.41, 5.74) is 0.320. The van der Waals surface area contributed by atoms with Gasteiger partial charge in [0.05, 0.1) is 5.39 Å². The molecular formula is C11H8ClN5OS. The summed E-state index contributed by atoms with van der Waals surface area (Å²) in [5.74, 6) is 0.312. The van der Waals surface area contributed by atoms with Crippen LogP contribution in [0.25, 0.3) is 16.0 Å². The van der Waals surface area contributed by atoms with Gasteiger partial charge in [-0.15, -0.1) is 11.3 Å². The summed E-state index contributed by atoms with van der Waals surface area (Å²) >= 11 is 7.36. The molecule has 0 unspecified atom stereocenters. The Hall–Kier alpha value is -1.99. The molecule has 3 heterocycles. The minimum absolute atomic E-state index is 0.155. The summed E-state index contributed by atoms with van der Waals surface area (Å²) in [6.07, 6.45) is 1.67. The number of hydrogen-bond donors (Lipinski definition) is 1. The van der Waals surface area contributed by atoms with Crippen LogP contribution in [0, 0.1) is 0 Å². The van der Waals surface area contributed by atoms with E-state index >= 15 is 0 Å². The van der Waals surface area contributed by atoms with Crippen LogP contribution in [0.4, 0.5) is 0 Å². The van der Waals surface area contributed by atoms with Gasteiger partial charge in [0.25, 0.3) is 5.91 Å². The van der Waals surface area contributed by atoms with Gasteiger partial charge in [0.2, 0.25) is 5.28 Å². The Morgan fingerprint density at radius 2 is 2.26 bits per heavy atom. The number of hydrogen-bond acceptors (Lipinski definition) is 5. The van der Waals surface area contributed by atoms with Crippen molar-refractivity contribution >= 4 is 39.1 Å². The minimum Gasteiger partial charge on any atom is -0.354 e. The lowest BCUT2D eigenvalue weighted by molar-refractivity contribution is 0.0957. The standard InChI is InChI=1S/C11H8ClN5OS/c1-13-9(18)7-2-4-17(16-7)8-6-3-5-19-10(6)15-11(12)14-8/h2-5H,1H3,(H,13,18). The van der Waals surface area contributed by atoms with Crippen LogP contribution in [0.15, 0.2) is 23.7 Å². The second-order valence-electron chi connectivity index (χ2n) is 3.68. The second kappa shape index (κ2) is 4.60. The first kappa shape index (κ1) is 12.1. The van der Waals surface area contributed by atoms with E-state index in [1.807, 2.05) is 11.4 Å². The number of nitrogens with zero attached hydrogens (tertiary/aromatic N) is 4. The third kappa shape index (κ3) is 2.06. The molecule has 96 valence electrons. The fourth-order valence-corrected chi connectivity index (χ4v) is 2.65. The Morgan fingerprint density at radius 3 is 3.05 bits per heavy atom. The van der Waals surface area contributed by atoms with Crippen molar-refractivity contribution in [2.45, 2.75) is 0 Å². The number of halogens is 1. The van der Waals surface area contributed by atoms with Gasteiger partial charge in [-0.1, -0.05) is 0 Å². The number of carbonyl (C=O) groups is 1. The van der Waals surface area contributed by atoms with Crippen LogP contribution in [0.5, 0.6) is 0 Å². The first-order chi connectivity index (χ1) is 9.19. The van der Waals surface area contributed by atoms with Crippen LogP contribution in [-0.4, -0.2) is 32.7 Å². The van der Waals surface area contributed by atoms with Crippen molar-refractivity contribution < 1.29 is 4.79 Å². The zero-order valence-electron chi connectivity index (χ0n) is 9.79. The smallest absolute Gasteiger partial charge is 0.271 e. The van der Waals surface area contributed by atoms with Crippen molar-refractivity contribution in [1.82, 2.24) is 25.1 Å². The minimum atomic E-state index is -0.250. The normalized spacial score (nSPS) is 10.8. The van der Waals surface area contributed by atoms with E-state index in [0.717, 1.165) is 10.2 Å². The number of nitrogens with one attached hydrogen (secondary N) is 1. The van der Waals surface area contributed by atoms with Crippen LogP contribution >= 0.6 is 22.9 Å². The Kier molecular flexibility index (Phi) is 2.92. The third-order valence-corrected chi connectivity index (χ3v) is 3.52. The summed E-state index contributed by atoms with van der Waals surface area (Å²) in [4.78, 5) is 20.6. The molecule has 19 heavy (non-hydrogen) atoms. The molecule has 0 fully saturated rings. The molecule has 1 amide bonds. The molecule has 3 aromatic heterocycles. The van der Waals surface area contributed by atoms with Gasteiger partial charge in [-0.2, -0.15) is 10.1 Å². The van der Waals surface area contributed by atoms with Crippen molar-refractivity contribution in [1.29, 1.82) is 0 Å². The maximum Gasteiger partial charge on any atom is 0.271 e. The Morgan fingerprint density at radius 1 is 1.42 bits per heavy atom. The Labute approximate surface area is 117 Å². The second-order valence-corrected chi connectivity index (χ2v) is 4.91. The molecular weight excluding hydrogens is 286 g/mol. The van der Waals surface area contributed by atoms with Crippen LogP contribution < -0.4 is 5.32 Å². The van der Waals surface area contributed by atoms with Crippen molar-refractivity contribution in [2.75, 3.05) is 7.05 Å². The molecule has 0 aliphatic heterocycles. The summed E-state index contributed by atoms with van der Waals surface area (Å²) in [6, 6.07) is 3.51. The predicted octanol–water partition coefficient (Wildman–Crippen LogP) is 1.89. The number of fused-ring (bicyclic) bond motifs is 1. The van der Waals surface area contributed by atoms with Crippen LogP contribution in [0.1, 0.15) is 10.5 Å². The first-order valence-corrected chi connectivity index (χ1v) is 6.63. The van der Waals surface area contributed by atoms with Crippen LogP contribution in [-0.2, 0) is 0 Å². The summed E-state index contributed by atoms with van der Waals surface area (Å²) in [6.45, 7) is 0. The number of amides is 1. The summed E-state index contributed by atoms with van der Waals surface area (Å²) in [5, 5.41) is 9.61. The van der Waals surface area contributed by atoms with E-state index in [4.69, 9.17) is 11.6 Å². The van der Waals surface area contributed by atoms with Gasteiger partial charge in [-0.3, -0.25) is 4.79 Å². The largest absolute Gasteiger partial charge is 0.354 e. The highest BCUT2D eigenvalue weighted by atomic mass is 35.5. The Bertz CT molecular complexity index is 765. The average molecular weight is 294 g/mol. The molecule has 1 N–H and O–H groups in total. The van der Waals surface area contributed by atoms with E-state index in [9.17, 15) is 4.79 Å². The lowest BCUT2D eigenvalue weighted by Gasteiger charge is -2.02. The van der Waals surface area contributed by atoms with Crippen molar-refractivity contribution in [3.8, 4) is 5.82 Å². The molecule has 0 aromatic carbocycles. The fourth-order valence-electron chi connectivity index (χ4n) is 1.68. The van der Waals surface area contributed by atoms with Gasteiger partial charge in [0.15, 0.2) is 11.5 Å². The van der Waals surface area contributed by atoms with Gasteiger partial charge in [0, 0.05) is 13.2 Å². The summed E-state index contributed by atoms with van der Waals surface area (Å²) < 4.78 is 1.52. The molecule has 3 rings (SSSR count). The quantitative estimate of drug-likeness (QED) is 0.732. The Balaban J connectivity index is 2.16. The molecule has 0 spiro atoms. The van der Waals surface area contributed by atoms with Gasteiger partial charge in [-0.05, 0) is 29.1 Å². The zero-order chi connectivity index (χ0) is 13.4. The van der Waals surface area contributed by atoms with Crippen molar-refractivity contribution in [2.24, 2.45) is 0 Å². The highest BCUT2D eigenvalue weighted by Gasteiger charge is 2.13. The number of thiophene rings is 1. The lowest BCUT2D eigenvalue weighted by Crippen LogP contribution is -2.18. The lowest BCUT2D eigenvalue weighted by atomic mass is 10.4. The topological polar surface area (TPSA) is 72.7 Å². The highest BCUT2D eigenvalue weighted by Crippen LogP contribution is 2.25. The molecule has 3 aromatic rings. The van der Waals surface area contributed by atoms with Gasteiger partial charge in [0.1, 0.15) is 4.83 Å². The number of carbonyl (C=O) groups excluding carboxylic acids is 1. The van der Waals surface area contributed by atoms with E-state index in [1.165, 1.54) is 16.0 Å². The fraction of sp³-hybridized carbons (Fsp3) is 0.0909. The van der Waals surface area contributed by atoms with Crippen molar-refractivity contribution in [3.63, 3.8) is 0 Å². The van der Waals surface area contributed by atoms with Gasteiger partial charge >= 0.3 is 0 Å². The molecule has 0 saturated heterocycles. The van der Waals surface area contributed by atoms with Crippen LogP contribution in [0.2, 0.25) is 5.28 Å². The highest BCUT2D eigenvalue weighted by molar-refractivity contribution is 7.16. The number of aromatic nitrogens is 4. The molecule has 6 nitrogen and oxygen atoms in total. The molecule has 0 aliphatic carbocycles. The monoisotopic (exact) mass is 293 g/mol. The van der Waals surface area contributed by atoms with E-state index in [0.29, 0.717) is 11.5 Å². The molecule has 0 saturated carbocycles. The van der Waals surface area contributed by atoms with E-state index in [-0.39, 0.29) is 11.2 Å². The molecule has 0 radical (unpaired) electrons. The zero-order valence-corrected chi connectivity index (χ0v) is 11.4. The summed E-state index contributed by atoms with van der Waals surface area (Å²) in [7, 11) is 1.56. The van der Waals surface area contributed by atoms with Crippen LogP contribution in [0.3, 0.4) is 0 Å².